The third-order valence-corrected chi connectivity index (χ3v) is 7.06. The third-order valence-electron chi connectivity index (χ3n) is 5.25. The Morgan fingerprint density at radius 1 is 1.03 bits per heavy atom. The molecule has 0 radical (unpaired) electrons. The molecule has 31 heavy (non-hydrogen) atoms. The minimum atomic E-state index is -3.79. The van der Waals surface area contributed by atoms with Crippen LogP contribution in [0.5, 0.6) is 0 Å². The van der Waals surface area contributed by atoms with Crippen LogP contribution in [-0.2, 0) is 22.9 Å². The maximum atomic E-state index is 13.3. The van der Waals surface area contributed by atoms with Gasteiger partial charge in [-0.15, -0.1) is 0 Å². The summed E-state index contributed by atoms with van der Waals surface area (Å²) in [5.74, 6) is -0.399. The van der Waals surface area contributed by atoms with Gasteiger partial charge in [-0.25, -0.2) is 8.42 Å². The highest BCUT2D eigenvalue weighted by molar-refractivity contribution is 7.92. The van der Waals surface area contributed by atoms with Crippen molar-refractivity contribution in [2.24, 2.45) is 0 Å². The summed E-state index contributed by atoms with van der Waals surface area (Å²) in [4.78, 5) is 12.8. The molecule has 1 amide bonds. The molecule has 4 rings (SSSR count). The van der Waals surface area contributed by atoms with Gasteiger partial charge in [-0.2, -0.15) is 5.26 Å². The highest BCUT2D eigenvalue weighted by atomic mass is 32.2. The Morgan fingerprint density at radius 2 is 1.81 bits per heavy atom. The van der Waals surface area contributed by atoms with Crippen LogP contribution >= 0.6 is 0 Å². The van der Waals surface area contributed by atoms with Crippen molar-refractivity contribution in [3.05, 3.63) is 89.5 Å². The molecule has 7 heteroatoms. The summed E-state index contributed by atoms with van der Waals surface area (Å²) >= 11 is 0. The minimum Gasteiger partial charge on any atom is -0.322 e. The maximum Gasteiger partial charge on any atom is 0.264 e. The van der Waals surface area contributed by atoms with Gasteiger partial charge in [0.25, 0.3) is 15.9 Å². The summed E-state index contributed by atoms with van der Waals surface area (Å²) in [6, 6.07) is 22.6. The van der Waals surface area contributed by atoms with Crippen LogP contribution in [0.25, 0.3) is 0 Å². The second-order valence-electron chi connectivity index (χ2n) is 7.32. The predicted molar refractivity (Wildman–Crippen MR) is 119 cm³/mol. The van der Waals surface area contributed by atoms with Crippen molar-refractivity contribution in [1.29, 1.82) is 5.26 Å². The first-order valence-electron chi connectivity index (χ1n) is 9.97. The number of carbonyl (C=O) groups excluding carboxylic acids is 1. The number of rotatable bonds is 5. The zero-order chi connectivity index (χ0) is 21.8. The first-order chi connectivity index (χ1) is 15.0. The summed E-state index contributed by atoms with van der Waals surface area (Å²) in [5, 5.41) is 11.5. The fraction of sp³-hybridized carbons (Fsp3) is 0.167. The van der Waals surface area contributed by atoms with E-state index in [-0.39, 0.29) is 10.5 Å². The molecule has 0 unspecified atom stereocenters. The highest BCUT2D eigenvalue weighted by Gasteiger charge is 2.29. The molecule has 0 saturated carbocycles. The monoisotopic (exact) mass is 431 g/mol. The lowest BCUT2D eigenvalue weighted by Gasteiger charge is -2.30. The van der Waals surface area contributed by atoms with Crippen LogP contribution in [0.4, 0.5) is 11.4 Å². The molecule has 0 saturated heterocycles. The van der Waals surface area contributed by atoms with Gasteiger partial charge in [0.1, 0.15) is 0 Å². The first-order valence-corrected chi connectivity index (χ1v) is 11.4. The number of hydrogen-bond donors (Lipinski definition) is 1. The van der Waals surface area contributed by atoms with E-state index in [2.05, 4.69) is 11.4 Å². The number of anilines is 2. The van der Waals surface area contributed by atoms with E-state index in [4.69, 9.17) is 5.26 Å². The number of nitrogens with zero attached hydrogens (tertiary/aromatic N) is 2. The molecule has 1 aliphatic rings. The summed E-state index contributed by atoms with van der Waals surface area (Å²) in [5.41, 5.74) is 3.39. The molecule has 1 heterocycles. The summed E-state index contributed by atoms with van der Waals surface area (Å²) in [7, 11) is -3.79. The first kappa shape index (κ1) is 20.6. The van der Waals surface area contributed by atoms with Crippen molar-refractivity contribution < 1.29 is 13.2 Å². The van der Waals surface area contributed by atoms with Crippen LogP contribution in [0.1, 0.15) is 27.9 Å². The summed E-state index contributed by atoms with van der Waals surface area (Å²) < 4.78 is 28.1. The van der Waals surface area contributed by atoms with Crippen molar-refractivity contribution in [2.75, 3.05) is 16.2 Å². The van der Waals surface area contributed by atoms with E-state index in [1.165, 1.54) is 16.4 Å². The lowest BCUT2D eigenvalue weighted by atomic mass is 10.0. The smallest absolute Gasteiger partial charge is 0.264 e. The van der Waals surface area contributed by atoms with Crippen LogP contribution in [0, 0.1) is 11.3 Å². The second-order valence-corrected chi connectivity index (χ2v) is 9.19. The van der Waals surface area contributed by atoms with Gasteiger partial charge in [0.05, 0.1) is 23.1 Å². The number of benzene rings is 3. The molecule has 156 valence electrons. The molecular formula is C24H21N3O3S. The largest absolute Gasteiger partial charge is 0.322 e. The molecule has 0 spiro atoms. The highest BCUT2D eigenvalue weighted by Crippen LogP contribution is 2.32. The molecule has 0 fully saturated rings. The SMILES string of the molecule is N#CCc1ccc(NC(=O)c2cccc(S(=O)(=O)N3CCCc4ccccc43)c2)cc1. The molecule has 0 atom stereocenters. The van der Waals surface area contributed by atoms with E-state index in [1.54, 1.807) is 36.4 Å². The number of hydrogen-bond acceptors (Lipinski definition) is 4. The van der Waals surface area contributed by atoms with Gasteiger partial charge in [-0.05, 0) is 60.4 Å². The van der Waals surface area contributed by atoms with Gasteiger partial charge >= 0.3 is 0 Å². The van der Waals surface area contributed by atoms with E-state index in [9.17, 15) is 13.2 Å². The molecule has 0 aromatic heterocycles. The van der Waals surface area contributed by atoms with Gasteiger partial charge in [-0.3, -0.25) is 9.10 Å². The topological polar surface area (TPSA) is 90.3 Å². The second kappa shape index (κ2) is 8.62. The Balaban J connectivity index is 1.58. The van der Waals surface area contributed by atoms with Crippen molar-refractivity contribution >= 4 is 27.3 Å². The molecule has 6 nitrogen and oxygen atoms in total. The number of amides is 1. The number of sulfonamides is 1. The Kier molecular flexibility index (Phi) is 5.74. The van der Waals surface area contributed by atoms with Crippen LogP contribution in [0.3, 0.4) is 0 Å². The number of nitriles is 1. The zero-order valence-corrected chi connectivity index (χ0v) is 17.6. The van der Waals surface area contributed by atoms with Crippen molar-refractivity contribution in [2.45, 2.75) is 24.2 Å². The standard InChI is InChI=1S/C24H21N3O3S/c25-15-14-18-10-12-21(13-11-18)26-24(28)20-6-3-8-22(17-20)31(29,30)27-16-4-7-19-5-1-2-9-23(19)27/h1-3,5-6,8-13,17H,4,7,14,16H2,(H,26,28). The number of para-hydroxylation sites is 1. The van der Waals surface area contributed by atoms with Gasteiger partial charge in [-0.1, -0.05) is 36.4 Å². The number of aryl methyl sites for hydroxylation is 1. The van der Waals surface area contributed by atoms with E-state index in [1.807, 2.05) is 24.3 Å². The third kappa shape index (κ3) is 4.30. The lowest BCUT2D eigenvalue weighted by molar-refractivity contribution is 0.102. The van der Waals surface area contributed by atoms with Gasteiger partial charge in [0.15, 0.2) is 0 Å². The predicted octanol–water partition coefficient (Wildman–Crippen LogP) is 4.15. The molecule has 0 bridgehead atoms. The van der Waals surface area contributed by atoms with Gasteiger partial charge in [0, 0.05) is 17.8 Å². The lowest BCUT2D eigenvalue weighted by Crippen LogP contribution is -2.35. The minimum absolute atomic E-state index is 0.0845. The van der Waals surface area contributed by atoms with Crippen molar-refractivity contribution in [1.82, 2.24) is 0 Å². The number of carbonyl (C=O) groups is 1. The van der Waals surface area contributed by atoms with E-state index in [0.717, 1.165) is 24.0 Å². The summed E-state index contributed by atoms with van der Waals surface area (Å²) in [6.45, 7) is 0.408. The number of fused-ring (bicyclic) bond motifs is 1. The Hall–Kier alpha value is -3.63. The average Bonchev–Trinajstić information content (AvgIpc) is 2.80. The van der Waals surface area contributed by atoms with E-state index < -0.39 is 15.9 Å². The zero-order valence-electron chi connectivity index (χ0n) is 16.8. The molecule has 3 aromatic rings. The van der Waals surface area contributed by atoms with Crippen LogP contribution < -0.4 is 9.62 Å². The normalized spacial score (nSPS) is 13.2. The van der Waals surface area contributed by atoms with Crippen LogP contribution in [0.15, 0.2) is 77.7 Å². The van der Waals surface area contributed by atoms with E-state index >= 15 is 0 Å². The van der Waals surface area contributed by atoms with Crippen molar-refractivity contribution in [3.8, 4) is 6.07 Å². The summed E-state index contributed by atoms with van der Waals surface area (Å²) in [6.07, 6.45) is 1.89. The average molecular weight is 432 g/mol. The number of nitrogens with one attached hydrogen (secondary N) is 1. The fourth-order valence-corrected chi connectivity index (χ4v) is 5.26. The molecular weight excluding hydrogens is 410 g/mol. The Bertz CT molecular complexity index is 1260. The Labute approximate surface area is 181 Å². The quantitative estimate of drug-likeness (QED) is 0.657. The maximum absolute atomic E-state index is 13.3. The van der Waals surface area contributed by atoms with E-state index in [0.29, 0.717) is 24.3 Å². The van der Waals surface area contributed by atoms with Gasteiger partial charge in [0.2, 0.25) is 0 Å². The fourth-order valence-electron chi connectivity index (χ4n) is 3.67. The van der Waals surface area contributed by atoms with Crippen LogP contribution in [-0.4, -0.2) is 20.9 Å². The van der Waals surface area contributed by atoms with Crippen molar-refractivity contribution in [3.63, 3.8) is 0 Å². The van der Waals surface area contributed by atoms with Gasteiger partial charge < -0.3 is 5.32 Å². The molecule has 3 aromatic carbocycles. The molecule has 0 aliphatic carbocycles. The Morgan fingerprint density at radius 3 is 2.58 bits per heavy atom. The molecule has 1 N–H and O–H groups in total. The van der Waals surface area contributed by atoms with Crippen LogP contribution in [0.2, 0.25) is 0 Å². The molecule has 1 aliphatic heterocycles.